The standard InChI is InChI=1S/C14H14N4O5/c19-12(10-5-22-7-15-10)17-1-8-3-18(4-9(8)2-17)13(20)11-6-23-14(21)16-11/h5-9H,1-4H2,(H,16,21)/t8-,9+. The second kappa shape index (κ2) is 5.11. The van der Waals surface area contributed by atoms with Crippen LogP contribution in [0.15, 0.2) is 32.5 Å². The van der Waals surface area contributed by atoms with E-state index in [1.165, 1.54) is 12.7 Å². The van der Waals surface area contributed by atoms with Crippen LogP contribution >= 0.6 is 0 Å². The van der Waals surface area contributed by atoms with Crippen LogP contribution in [-0.4, -0.2) is 57.8 Å². The summed E-state index contributed by atoms with van der Waals surface area (Å²) in [7, 11) is 0. The zero-order chi connectivity index (χ0) is 16.0. The first-order valence-electron chi connectivity index (χ1n) is 7.26. The first-order chi connectivity index (χ1) is 11.1. The molecule has 2 fully saturated rings. The van der Waals surface area contributed by atoms with Crippen LogP contribution in [-0.2, 0) is 0 Å². The predicted molar refractivity (Wildman–Crippen MR) is 74.6 cm³/mol. The van der Waals surface area contributed by atoms with Crippen LogP contribution in [0.1, 0.15) is 21.0 Å². The number of hydrogen-bond donors (Lipinski definition) is 1. The number of nitrogens with zero attached hydrogens (tertiary/aromatic N) is 3. The third-order valence-electron chi connectivity index (χ3n) is 4.46. The molecule has 4 rings (SSSR count). The molecule has 120 valence electrons. The Morgan fingerprint density at radius 3 is 2.26 bits per heavy atom. The Kier molecular flexibility index (Phi) is 3.07. The van der Waals surface area contributed by atoms with Crippen LogP contribution < -0.4 is 5.76 Å². The SMILES string of the molecule is O=C(c1cocn1)N1C[C@@H]2CN(C(=O)c3coc(=O)[nH]3)C[C@@H]2C1. The van der Waals surface area contributed by atoms with Crippen LogP contribution in [0.2, 0.25) is 0 Å². The maximum atomic E-state index is 12.3. The summed E-state index contributed by atoms with van der Waals surface area (Å²) in [5, 5.41) is 0. The Balaban J connectivity index is 1.41. The lowest BCUT2D eigenvalue weighted by Crippen LogP contribution is -2.36. The van der Waals surface area contributed by atoms with Crippen molar-refractivity contribution in [1.29, 1.82) is 0 Å². The third-order valence-corrected chi connectivity index (χ3v) is 4.46. The molecule has 0 saturated carbocycles. The number of nitrogens with one attached hydrogen (secondary N) is 1. The summed E-state index contributed by atoms with van der Waals surface area (Å²) >= 11 is 0. The van der Waals surface area contributed by atoms with Crippen molar-refractivity contribution < 1.29 is 18.4 Å². The van der Waals surface area contributed by atoms with Crippen molar-refractivity contribution in [2.24, 2.45) is 11.8 Å². The average molecular weight is 318 g/mol. The van der Waals surface area contributed by atoms with Gasteiger partial charge in [-0.1, -0.05) is 0 Å². The number of amides is 2. The van der Waals surface area contributed by atoms with Crippen molar-refractivity contribution in [3.8, 4) is 0 Å². The van der Waals surface area contributed by atoms with Crippen molar-refractivity contribution in [2.75, 3.05) is 26.2 Å². The van der Waals surface area contributed by atoms with E-state index < -0.39 is 5.76 Å². The lowest BCUT2D eigenvalue weighted by molar-refractivity contribution is 0.0732. The van der Waals surface area contributed by atoms with Gasteiger partial charge in [0.1, 0.15) is 18.2 Å². The van der Waals surface area contributed by atoms with Crippen molar-refractivity contribution >= 4 is 11.8 Å². The minimum Gasteiger partial charge on any atom is -0.451 e. The van der Waals surface area contributed by atoms with Gasteiger partial charge in [-0.25, -0.2) is 9.78 Å². The normalized spacial score (nSPS) is 23.3. The predicted octanol–water partition coefficient (Wildman–Crippen LogP) is -0.200. The highest BCUT2D eigenvalue weighted by atomic mass is 16.4. The first kappa shape index (κ1) is 13.8. The second-order valence-corrected chi connectivity index (χ2v) is 5.88. The van der Waals surface area contributed by atoms with E-state index in [2.05, 4.69) is 14.4 Å². The zero-order valence-electron chi connectivity index (χ0n) is 12.1. The molecule has 0 aliphatic carbocycles. The lowest BCUT2D eigenvalue weighted by atomic mass is 10.0. The molecule has 23 heavy (non-hydrogen) atoms. The van der Waals surface area contributed by atoms with Crippen molar-refractivity contribution in [3.63, 3.8) is 0 Å². The molecule has 0 unspecified atom stereocenters. The summed E-state index contributed by atoms with van der Waals surface area (Å²) in [4.78, 5) is 45.2. The van der Waals surface area contributed by atoms with E-state index in [0.717, 1.165) is 6.26 Å². The molecule has 2 aliphatic heterocycles. The molecular weight excluding hydrogens is 304 g/mol. The topological polar surface area (TPSA) is 113 Å². The Bertz CT molecular complexity index is 778. The number of fused-ring (bicyclic) bond motifs is 1. The molecule has 2 aliphatic rings. The Morgan fingerprint density at radius 2 is 1.74 bits per heavy atom. The molecular formula is C14H14N4O5. The zero-order valence-corrected chi connectivity index (χ0v) is 12.1. The van der Waals surface area contributed by atoms with Gasteiger partial charge in [-0.3, -0.25) is 14.6 Å². The monoisotopic (exact) mass is 318 g/mol. The molecule has 9 heteroatoms. The van der Waals surface area contributed by atoms with Gasteiger partial charge in [0, 0.05) is 38.0 Å². The summed E-state index contributed by atoms with van der Waals surface area (Å²) < 4.78 is 9.44. The van der Waals surface area contributed by atoms with Crippen molar-refractivity contribution in [3.05, 3.63) is 40.9 Å². The molecule has 2 aromatic heterocycles. The van der Waals surface area contributed by atoms with Crippen LogP contribution in [0.3, 0.4) is 0 Å². The van der Waals surface area contributed by atoms with Crippen LogP contribution in [0.4, 0.5) is 0 Å². The molecule has 0 bridgehead atoms. The molecule has 2 aromatic rings. The molecule has 2 amide bonds. The Morgan fingerprint density at radius 1 is 1.09 bits per heavy atom. The number of rotatable bonds is 2. The number of aromatic nitrogens is 2. The van der Waals surface area contributed by atoms with Gasteiger partial charge in [-0.05, 0) is 0 Å². The molecule has 1 N–H and O–H groups in total. The number of H-pyrrole nitrogens is 1. The third kappa shape index (κ3) is 2.33. The van der Waals surface area contributed by atoms with Gasteiger partial charge >= 0.3 is 5.76 Å². The van der Waals surface area contributed by atoms with Crippen molar-refractivity contribution in [2.45, 2.75) is 0 Å². The van der Waals surface area contributed by atoms with Crippen LogP contribution in [0.25, 0.3) is 0 Å². The molecule has 9 nitrogen and oxygen atoms in total. The van der Waals surface area contributed by atoms with Gasteiger partial charge in [0.25, 0.3) is 11.8 Å². The highest BCUT2D eigenvalue weighted by Gasteiger charge is 2.43. The maximum Gasteiger partial charge on any atom is 0.416 e. The van der Waals surface area contributed by atoms with Crippen LogP contribution in [0, 0.1) is 11.8 Å². The van der Waals surface area contributed by atoms with E-state index in [-0.39, 0.29) is 29.3 Å². The summed E-state index contributed by atoms with van der Waals surface area (Å²) in [6, 6.07) is 0. The highest BCUT2D eigenvalue weighted by molar-refractivity contribution is 5.93. The van der Waals surface area contributed by atoms with Gasteiger partial charge < -0.3 is 18.6 Å². The Hall–Kier alpha value is -2.84. The maximum absolute atomic E-state index is 12.3. The lowest BCUT2D eigenvalue weighted by Gasteiger charge is -2.20. The molecule has 2 atom stereocenters. The Labute approximate surface area is 129 Å². The average Bonchev–Trinajstić information content (AvgIpc) is 3.28. The molecule has 0 aromatic carbocycles. The fourth-order valence-corrected chi connectivity index (χ4v) is 3.36. The number of carbonyl (C=O) groups is 2. The van der Waals surface area contributed by atoms with E-state index in [9.17, 15) is 14.4 Å². The quantitative estimate of drug-likeness (QED) is 0.820. The highest BCUT2D eigenvalue weighted by Crippen LogP contribution is 2.32. The van der Waals surface area contributed by atoms with E-state index in [0.29, 0.717) is 31.9 Å². The number of oxazole rings is 2. The number of hydrogen-bond acceptors (Lipinski definition) is 6. The summed E-state index contributed by atoms with van der Waals surface area (Å²) in [5.74, 6) is -0.580. The number of likely N-dealkylation sites (tertiary alicyclic amines) is 2. The first-order valence-corrected chi connectivity index (χ1v) is 7.26. The molecule has 4 heterocycles. The summed E-state index contributed by atoms with van der Waals surface area (Å²) in [6.07, 6.45) is 3.71. The van der Waals surface area contributed by atoms with E-state index in [4.69, 9.17) is 4.42 Å². The minimum absolute atomic E-state index is 0.148. The van der Waals surface area contributed by atoms with Crippen LogP contribution in [0.5, 0.6) is 0 Å². The minimum atomic E-state index is -0.642. The molecule has 0 radical (unpaired) electrons. The molecule has 2 saturated heterocycles. The second-order valence-electron chi connectivity index (χ2n) is 5.88. The van der Waals surface area contributed by atoms with Gasteiger partial charge in [0.15, 0.2) is 12.1 Å². The number of aromatic amines is 1. The summed E-state index contributed by atoms with van der Waals surface area (Å²) in [6.45, 7) is 2.28. The van der Waals surface area contributed by atoms with E-state index in [1.54, 1.807) is 9.80 Å². The fraction of sp³-hybridized carbons (Fsp3) is 0.429. The van der Waals surface area contributed by atoms with E-state index in [1.807, 2.05) is 0 Å². The van der Waals surface area contributed by atoms with Gasteiger partial charge in [-0.15, -0.1) is 0 Å². The fourth-order valence-electron chi connectivity index (χ4n) is 3.36. The smallest absolute Gasteiger partial charge is 0.416 e. The van der Waals surface area contributed by atoms with Crippen molar-refractivity contribution in [1.82, 2.24) is 19.8 Å². The number of carbonyl (C=O) groups excluding carboxylic acids is 2. The van der Waals surface area contributed by atoms with Gasteiger partial charge in [-0.2, -0.15) is 0 Å². The summed E-state index contributed by atoms with van der Waals surface area (Å²) in [5.41, 5.74) is 0.458. The van der Waals surface area contributed by atoms with Gasteiger partial charge in [0.05, 0.1) is 0 Å². The van der Waals surface area contributed by atoms with Gasteiger partial charge in [0.2, 0.25) is 0 Å². The molecule has 0 spiro atoms. The largest absolute Gasteiger partial charge is 0.451 e. The van der Waals surface area contributed by atoms with E-state index >= 15 is 0 Å².